The molecule has 0 amide bonds. The van der Waals surface area contributed by atoms with Crippen molar-refractivity contribution in [3.05, 3.63) is 23.8 Å². The lowest BCUT2D eigenvalue weighted by atomic mass is 10.1. The smallest absolute Gasteiger partial charge is 0.161 e. The van der Waals surface area contributed by atoms with Gasteiger partial charge in [-0.05, 0) is 31.2 Å². The van der Waals surface area contributed by atoms with Crippen molar-refractivity contribution in [3.63, 3.8) is 0 Å². The highest BCUT2D eigenvalue weighted by atomic mass is 16.6. The third kappa shape index (κ3) is 2.65. The first-order chi connectivity index (χ1) is 7.79. The number of nitrogens with zero attached hydrogens (tertiary/aromatic N) is 1. The lowest BCUT2D eigenvalue weighted by molar-refractivity contribution is 0.134. The minimum absolute atomic E-state index is 0.0878. The predicted molar refractivity (Wildman–Crippen MR) is 60.9 cm³/mol. The van der Waals surface area contributed by atoms with Crippen LogP contribution in [0.15, 0.2) is 18.2 Å². The monoisotopic (exact) mass is 223 g/mol. The van der Waals surface area contributed by atoms with Crippen LogP contribution in [0.4, 0.5) is 0 Å². The van der Waals surface area contributed by atoms with E-state index in [1.165, 1.54) is 5.56 Å². The second-order valence-electron chi connectivity index (χ2n) is 3.95. The Morgan fingerprint density at radius 1 is 1.25 bits per heavy atom. The maximum Gasteiger partial charge on any atom is 0.161 e. The van der Waals surface area contributed by atoms with Gasteiger partial charge in [-0.25, -0.2) is 0 Å². The molecule has 1 aromatic rings. The van der Waals surface area contributed by atoms with E-state index in [2.05, 4.69) is 0 Å². The summed E-state index contributed by atoms with van der Waals surface area (Å²) in [5, 5.41) is 8.89. The van der Waals surface area contributed by atoms with E-state index < -0.39 is 0 Å². The number of aliphatic hydroxyl groups excluding tert-OH is 1. The van der Waals surface area contributed by atoms with Gasteiger partial charge in [0.25, 0.3) is 0 Å². The topological polar surface area (TPSA) is 41.9 Å². The number of likely N-dealkylation sites (N-methyl/N-ethyl adjacent to an activating group) is 1. The molecule has 0 aromatic heterocycles. The van der Waals surface area contributed by atoms with Crippen LogP contribution in [0.2, 0.25) is 0 Å². The lowest BCUT2D eigenvalue weighted by Gasteiger charge is -2.19. The fraction of sp³-hybridized carbons (Fsp3) is 0.500. The van der Waals surface area contributed by atoms with Crippen LogP contribution >= 0.6 is 0 Å². The van der Waals surface area contributed by atoms with Gasteiger partial charge in [0.15, 0.2) is 11.5 Å². The third-order valence-corrected chi connectivity index (χ3v) is 2.63. The normalized spacial score (nSPS) is 14.2. The summed E-state index contributed by atoms with van der Waals surface area (Å²) >= 11 is 0. The molecular weight excluding hydrogens is 206 g/mol. The summed E-state index contributed by atoms with van der Waals surface area (Å²) in [5.41, 5.74) is 1.20. The molecule has 1 N–H and O–H groups in total. The average molecular weight is 223 g/mol. The Balaban J connectivity index is 2.00. The molecule has 0 unspecified atom stereocenters. The predicted octanol–water partition coefficient (Wildman–Crippen LogP) is 0.882. The molecule has 0 saturated heterocycles. The molecule has 0 spiro atoms. The fourth-order valence-electron chi connectivity index (χ4n) is 1.63. The minimum Gasteiger partial charge on any atom is -0.486 e. The first-order valence-corrected chi connectivity index (χ1v) is 5.47. The van der Waals surface area contributed by atoms with E-state index in [0.29, 0.717) is 13.2 Å². The maximum absolute atomic E-state index is 8.89. The molecule has 0 aliphatic carbocycles. The van der Waals surface area contributed by atoms with E-state index >= 15 is 0 Å². The van der Waals surface area contributed by atoms with Gasteiger partial charge in [0.1, 0.15) is 13.2 Å². The highest BCUT2D eigenvalue weighted by Gasteiger charge is 2.11. The van der Waals surface area contributed by atoms with Gasteiger partial charge in [0.05, 0.1) is 6.73 Å². The van der Waals surface area contributed by atoms with Crippen LogP contribution in [-0.2, 0) is 6.42 Å². The second-order valence-corrected chi connectivity index (χ2v) is 3.95. The number of rotatable bonds is 4. The second kappa shape index (κ2) is 5.18. The van der Waals surface area contributed by atoms with Crippen molar-refractivity contribution in [2.24, 2.45) is 0 Å². The van der Waals surface area contributed by atoms with Gasteiger partial charge >= 0.3 is 0 Å². The first-order valence-electron chi connectivity index (χ1n) is 5.47. The molecule has 1 aliphatic heterocycles. The van der Waals surface area contributed by atoms with Gasteiger partial charge in [0, 0.05) is 6.54 Å². The maximum atomic E-state index is 8.89. The molecule has 4 heteroatoms. The fourth-order valence-corrected chi connectivity index (χ4v) is 1.63. The van der Waals surface area contributed by atoms with E-state index in [1.54, 1.807) is 0 Å². The van der Waals surface area contributed by atoms with Gasteiger partial charge in [-0.3, -0.25) is 4.90 Å². The van der Waals surface area contributed by atoms with E-state index in [1.807, 2.05) is 30.1 Å². The van der Waals surface area contributed by atoms with E-state index in [4.69, 9.17) is 14.6 Å². The molecule has 1 heterocycles. The summed E-state index contributed by atoms with van der Waals surface area (Å²) in [6, 6.07) is 6.00. The summed E-state index contributed by atoms with van der Waals surface area (Å²) < 4.78 is 11.0. The summed E-state index contributed by atoms with van der Waals surface area (Å²) in [6.07, 6.45) is 0.897. The van der Waals surface area contributed by atoms with Gasteiger partial charge < -0.3 is 14.6 Å². The largest absolute Gasteiger partial charge is 0.486 e. The van der Waals surface area contributed by atoms with Gasteiger partial charge in [-0.15, -0.1) is 0 Å². The van der Waals surface area contributed by atoms with Crippen molar-refractivity contribution in [1.82, 2.24) is 4.90 Å². The zero-order valence-electron chi connectivity index (χ0n) is 9.48. The zero-order valence-corrected chi connectivity index (χ0v) is 9.48. The number of fused-ring (bicyclic) bond motifs is 1. The van der Waals surface area contributed by atoms with Crippen LogP contribution in [-0.4, -0.2) is 43.5 Å². The van der Waals surface area contributed by atoms with Gasteiger partial charge in [-0.1, -0.05) is 6.07 Å². The van der Waals surface area contributed by atoms with E-state index in [-0.39, 0.29) is 6.73 Å². The Morgan fingerprint density at radius 3 is 2.75 bits per heavy atom. The Morgan fingerprint density at radius 2 is 2.00 bits per heavy atom. The first kappa shape index (κ1) is 11.2. The molecular formula is C12H17NO3. The highest BCUT2D eigenvalue weighted by molar-refractivity contribution is 5.43. The van der Waals surface area contributed by atoms with Crippen molar-refractivity contribution in [2.45, 2.75) is 6.42 Å². The number of benzene rings is 1. The van der Waals surface area contributed by atoms with Crippen LogP contribution < -0.4 is 9.47 Å². The van der Waals surface area contributed by atoms with Gasteiger partial charge in [-0.2, -0.15) is 0 Å². The van der Waals surface area contributed by atoms with Gasteiger partial charge in [0.2, 0.25) is 0 Å². The summed E-state index contributed by atoms with van der Waals surface area (Å²) in [4.78, 5) is 1.86. The number of hydrogen-bond donors (Lipinski definition) is 1. The van der Waals surface area contributed by atoms with Crippen LogP contribution in [0.3, 0.4) is 0 Å². The van der Waals surface area contributed by atoms with Crippen molar-refractivity contribution >= 4 is 0 Å². The minimum atomic E-state index is 0.0878. The van der Waals surface area contributed by atoms with E-state index in [0.717, 1.165) is 24.5 Å². The molecule has 0 bridgehead atoms. The molecule has 1 aromatic carbocycles. The van der Waals surface area contributed by atoms with Crippen molar-refractivity contribution in [3.8, 4) is 11.5 Å². The average Bonchev–Trinajstić information content (AvgIpc) is 2.35. The molecule has 0 saturated carbocycles. The van der Waals surface area contributed by atoms with Crippen molar-refractivity contribution < 1.29 is 14.6 Å². The van der Waals surface area contributed by atoms with Crippen molar-refractivity contribution in [2.75, 3.05) is 33.5 Å². The highest BCUT2D eigenvalue weighted by Crippen LogP contribution is 2.30. The van der Waals surface area contributed by atoms with Crippen LogP contribution in [0, 0.1) is 0 Å². The van der Waals surface area contributed by atoms with Crippen LogP contribution in [0.5, 0.6) is 11.5 Å². The summed E-state index contributed by atoms with van der Waals surface area (Å²) in [6.45, 7) is 2.16. The van der Waals surface area contributed by atoms with Crippen LogP contribution in [0.25, 0.3) is 0 Å². The Bertz CT molecular complexity index is 354. The SMILES string of the molecule is CN(CO)CCc1ccc2c(c1)OCCO2. The number of hydrogen-bond acceptors (Lipinski definition) is 4. The number of aliphatic hydroxyl groups is 1. The quantitative estimate of drug-likeness (QED) is 0.769. The van der Waals surface area contributed by atoms with Crippen LogP contribution in [0.1, 0.15) is 5.56 Å². The Labute approximate surface area is 95.4 Å². The molecule has 0 radical (unpaired) electrons. The molecule has 0 fully saturated rings. The van der Waals surface area contributed by atoms with E-state index in [9.17, 15) is 0 Å². The molecule has 2 rings (SSSR count). The Kier molecular flexibility index (Phi) is 3.64. The zero-order chi connectivity index (χ0) is 11.4. The summed E-state index contributed by atoms with van der Waals surface area (Å²) in [7, 11) is 1.89. The third-order valence-electron chi connectivity index (χ3n) is 2.63. The molecule has 1 aliphatic rings. The molecule has 4 nitrogen and oxygen atoms in total. The number of ether oxygens (including phenoxy) is 2. The summed E-state index contributed by atoms with van der Waals surface area (Å²) in [5.74, 6) is 1.65. The lowest BCUT2D eigenvalue weighted by Crippen LogP contribution is -2.22. The standard InChI is InChI=1S/C12H17NO3/c1-13(9-14)5-4-10-2-3-11-12(8-10)16-7-6-15-11/h2-3,8,14H,4-7,9H2,1H3. The molecule has 88 valence electrons. The Hall–Kier alpha value is -1.26. The molecule has 16 heavy (non-hydrogen) atoms. The van der Waals surface area contributed by atoms with Crippen molar-refractivity contribution in [1.29, 1.82) is 0 Å². The molecule has 0 atom stereocenters.